The third-order valence-electron chi connectivity index (χ3n) is 2.84. The molecule has 19 heavy (non-hydrogen) atoms. The van der Waals surface area contributed by atoms with E-state index in [0.29, 0.717) is 5.56 Å². The molecule has 0 radical (unpaired) electrons. The Labute approximate surface area is 112 Å². The van der Waals surface area contributed by atoms with E-state index in [2.05, 4.69) is 27.0 Å². The lowest BCUT2D eigenvalue weighted by molar-refractivity contribution is 0.716. The number of terminal acetylenes is 1. The van der Waals surface area contributed by atoms with Crippen molar-refractivity contribution in [1.82, 2.24) is 14.9 Å². The molecule has 0 fully saturated rings. The lowest BCUT2D eigenvalue weighted by Gasteiger charge is -2.08. The number of imidazole rings is 1. The summed E-state index contributed by atoms with van der Waals surface area (Å²) >= 11 is 0. The fourth-order valence-corrected chi connectivity index (χ4v) is 1.84. The molecule has 1 aromatic carbocycles. The van der Waals surface area contributed by atoms with Crippen molar-refractivity contribution in [3.8, 4) is 18.5 Å². The van der Waals surface area contributed by atoms with Crippen LogP contribution in [-0.4, -0.2) is 16.1 Å². The zero-order chi connectivity index (χ0) is 13.5. The van der Waals surface area contributed by atoms with E-state index in [1.165, 1.54) is 0 Å². The summed E-state index contributed by atoms with van der Waals surface area (Å²) in [6.45, 7) is 1.48. The highest BCUT2D eigenvalue weighted by molar-refractivity contribution is 5.31. The Morgan fingerprint density at radius 3 is 2.79 bits per heavy atom. The largest absolute Gasteiger partial charge is 0.346 e. The van der Waals surface area contributed by atoms with Crippen molar-refractivity contribution >= 4 is 0 Å². The van der Waals surface area contributed by atoms with Crippen LogP contribution in [0.4, 0.5) is 0 Å². The third-order valence-corrected chi connectivity index (χ3v) is 2.84. The number of nitriles is 1. The van der Waals surface area contributed by atoms with Crippen LogP contribution in [0.3, 0.4) is 0 Å². The van der Waals surface area contributed by atoms with Crippen LogP contribution in [0.15, 0.2) is 36.8 Å². The summed E-state index contributed by atoms with van der Waals surface area (Å²) in [6.07, 6.45) is 9.64. The van der Waals surface area contributed by atoms with Crippen LogP contribution in [0.5, 0.6) is 0 Å². The van der Waals surface area contributed by atoms with Gasteiger partial charge in [-0.05, 0) is 17.7 Å². The highest BCUT2D eigenvalue weighted by atomic mass is 15.0. The molecule has 0 aliphatic carbocycles. The molecule has 0 saturated carbocycles. The minimum absolute atomic E-state index is 0.674. The van der Waals surface area contributed by atoms with Gasteiger partial charge in [-0.1, -0.05) is 18.6 Å². The Morgan fingerprint density at radius 2 is 2.11 bits per heavy atom. The number of nitrogens with zero attached hydrogens (tertiary/aromatic N) is 3. The van der Waals surface area contributed by atoms with Gasteiger partial charge >= 0.3 is 0 Å². The van der Waals surface area contributed by atoms with Gasteiger partial charge in [0, 0.05) is 37.4 Å². The van der Waals surface area contributed by atoms with E-state index in [-0.39, 0.29) is 0 Å². The van der Waals surface area contributed by atoms with Gasteiger partial charge in [-0.3, -0.25) is 0 Å². The first kappa shape index (κ1) is 12.7. The zero-order valence-corrected chi connectivity index (χ0v) is 10.5. The van der Waals surface area contributed by atoms with E-state index >= 15 is 0 Å². The minimum atomic E-state index is 0.674. The number of rotatable bonds is 5. The molecule has 4 nitrogen and oxygen atoms in total. The lowest BCUT2D eigenvalue weighted by atomic mass is 10.1. The number of benzene rings is 1. The molecule has 0 saturated heterocycles. The van der Waals surface area contributed by atoms with E-state index in [0.717, 1.165) is 30.8 Å². The van der Waals surface area contributed by atoms with Gasteiger partial charge in [0.1, 0.15) is 0 Å². The molecule has 0 spiro atoms. The van der Waals surface area contributed by atoms with E-state index in [1.54, 1.807) is 0 Å². The highest BCUT2D eigenvalue weighted by Gasteiger charge is 2.02. The highest BCUT2D eigenvalue weighted by Crippen LogP contribution is 2.08. The Balaban J connectivity index is 2.04. The van der Waals surface area contributed by atoms with E-state index in [9.17, 15) is 0 Å². The maximum atomic E-state index is 8.76. The summed E-state index contributed by atoms with van der Waals surface area (Å²) in [5.41, 5.74) is 2.95. The molecule has 1 heterocycles. The molecule has 94 valence electrons. The standard InChI is InChI=1S/C15H14N4/c1-2-17-8-7-15-10-18-12-19(15)11-14-5-3-13(9-16)4-6-14/h1,3-6,10,12,17H,7-8,11H2. The smallest absolute Gasteiger partial charge is 0.0991 e. The van der Waals surface area contributed by atoms with E-state index in [1.807, 2.05) is 36.8 Å². The van der Waals surface area contributed by atoms with Crippen molar-refractivity contribution < 1.29 is 0 Å². The molecule has 0 bridgehead atoms. The first-order chi connectivity index (χ1) is 9.33. The van der Waals surface area contributed by atoms with Crippen molar-refractivity contribution in [2.24, 2.45) is 0 Å². The molecule has 2 aromatic rings. The second-order valence-corrected chi connectivity index (χ2v) is 4.14. The Bertz CT molecular complexity index is 611. The quantitative estimate of drug-likeness (QED) is 0.497. The summed E-state index contributed by atoms with van der Waals surface area (Å²) in [5, 5.41) is 11.6. The first-order valence-electron chi connectivity index (χ1n) is 6.00. The molecule has 0 aliphatic rings. The summed E-state index contributed by atoms with van der Waals surface area (Å²) in [7, 11) is 0. The summed E-state index contributed by atoms with van der Waals surface area (Å²) in [5.74, 6) is 0. The van der Waals surface area contributed by atoms with Crippen molar-refractivity contribution in [2.45, 2.75) is 13.0 Å². The van der Waals surface area contributed by atoms with Crippen molar-refractivity contribution in [3.63, 3.8) is 0 Å². The van der Waals surface area contributed by atoms with Crippen molar-refractivity contribution in [1.29, 1.82) is 5.26 Å². The number of nitrogens with one attached hydrogen (secondary N) is 1. The maximum Gasteiger partial charge on any atom is 0.0991 e. The van der Waals surface area contributed by atoms with Gasteiger partial charge < -0.3 is 9.88 Å². The van der Waals surface area contributed by atoms with Crippen LogP contribution in [0.1, 0.15) is 16.8 Å². The van der Waals surface area contributed by atoms with Gasteiger partial charge in [0.25, 0.3) is 0 Å². The number of hydrogen-bond donors (Lipinski definition) is 1. The van der Waals surface area contributed by atoms with Gasteiger partial charge in [0.15, 0.2) is 0 Å². The number of aromatic nitrogens is 2. The fourth-order valence-electron chi connectivity index (χ4n) is 1.84. The van der Waals surface area contributed by atoms with Gasteiger partial charge in [0.2, 0.25) is 0 Å². The topological polar surface area (TPSA) is 53.6 Å². The predicted molar refractivity (Wildman–Crippen MR) is 73.0 cm³/mol. The monoisotopic (exact) mass is 250 g/mol. The van der Waals surface area contributed by atoms with Crippen LogP contribution in [-0.2, 0) is 13.0 Å². The molecule has 0 unspecified atom stereocenters. The van der Waals surface area contributed by atoms with Gasteiger partial charge in [-0.15, -0.1) is 0 Å². The molecule has 2 rings (SSSR count). The van der Waals surface area contributed by atoms with Crippen LogP contribution < -0.4 is 5.32 Å². The first-order valence-corrected chi connectivity index (χ1v) is 6.00. The predicted octanol–water partition coefficient (Wildman–Crippen LogP) is 1.53. The average molecular weight is 250 g/mol. The molecule has 0 atom stereocenters. The van der Waals surface area contributed by atoms with Crippen LogP contribution in [0.25, 0.3) is 0 Å². The van der Waals surface area contributed by atoms with Gasteiger partial charge in [-0.25, -0.2) is 4.98 Å². The van der Waals surface area contributed by atoms with Crippen LogP contribution in [0, 0.1) is 23.8 Å². The van der Waals surface area contributed by atoms with Crippen molar-refractivity contribution in [2.75, 3.05) is 6.54 Å². The number of hydrogen-bond acceptors (Lipinski definition) is 3. The molecule has 4 heteroatoms. The minimum Gasteiger partial charge on any atom is -0.346 e. The fraction of sp³-hybridized carbons (Fsp3) is 0.200. The van der Waals surface area contributed by atoms with E-state index in [4.69, 9.17) is 11.7 Å². The maximum absolute atomic E-state index is 8.76. The zero-order valence-electron chi connectivity index (χ0n) is 10.5. The SMILES string of the molecule is C#CNCCc1cncn1Cc1ccc(C#N)cc1. The molecule has 1 aromatic heterocycles. The second-order valence-electron chi connectivity index (χ2n) is 4.14. The van der Waals surface area contributed by atoms with Gasteiger partial charge in [0.05, 0.1) is 18.0 Å². The Hall–Kier alpha value is -2.72. The average Bonchev–Trinajstić information content (AvgIpc) is 2.87. The molecular weight excluding hydrogens is 236 g/mol. The third kappa shape index (κ3) is 3.37. The van der Waals surface area contributed by atoms with Gasteiger partial charge in [-0.2, -0.15) is 5.26 Å². The summed E-state index contributed by atoms with van der Waals surface area (Å²) in [6, 6.07) is 12.1. The summed E-state index contributed by atoms with van der Waals surface area (Å²) in [4.78, 5) is 4.16. The van der Waals surface area contributed by atoms with Crippen LogP contribution in [0.2, 0.25) is 0 Å². The molecule has 0 aliphatic heterocycles. The molecular formula is C15H14N4. The second kappa shape index (κ2) is 6.28. The van der Waals surface area contributed by atoms with E-state index < -0.39 is 0 Å². The van der Waals surface area contributed by atoms with Crippen molar-refractivity contribution in [3.05, 3.63) is 53.6 Å². The molecule has 1 N–H and O–H groups in total. The molecule has 0 amide bonds. The van der Waals surface area contributed by atoms with Crippen LogP contribution >= 0.6 is 0 Å². The summed E-state index contributed by atoms with van der Waals surface area (Å²) < 4.78 is 2.08. The Morgan fingerprint density at radius 1 is 1.32 bits per heavy atom. The normalized spacial score (nSPS) is 9.58. The Kier molecular flexibility index (Phi) is 4.21. The lowest BCUT2D eigenvalue weighted by Crippen LogP contribution is -2.13.